The Bertz CT molecular complexity index is 1250. The zero-order chi connectivity index (χ0) is 26.7. The largest absolute Gasteiger partial charge is 0.507 e. The summed E-state index contributed by atoms with van der Waals surface area (Å²) in [5, 5.41) is 22.0. The van der Waals surface area contributed by atoms with Crippen molar-refractivity contribution in [3.05, 3.63) is 34.9 Å². The van der Waals surface area contributed by atoms with Gasteiger partial charge in [0.15, 0.2) is 34.7 Å². The van der Waals surface area contributed by atoms with Gasteiger partial charge in [0.05, 0.1) is 24.6 Å². The van der Waals surface area contributed by atoms with Gasteiger partial charge in [-0.05, 0) is 56.1 Å². The molecule has 0 aliphatic heterocycles. The third-order valence-electron chi connectivity index (χ3n) is 7.58. The van der Waals surface area contributed by atoms with Gasteiger partial charge in [-0.3, -0.25) is 28.9 Å². The number of aliphatic hydroxyl groups is 1. The number of nitrogens with two attached hydrogens (primary N) is 1. The minimum Gasteiger partial charge on any atom is -0.507 e. The fourth-order valence-corrected chi connectivity index (χ4v) is 6.01. The van der Waals surface area contributed by atoms with E-state index >= 15 is 0 Å². The summed E-state index contributed by atoms with van der Waals surface area (Å²) in [4.78, 5) is 78.6. The molecular formula is C25H26N2O9. The molecule has 1 amide bonds. The molecule has 3 aliphatic carbocycles. The van der Waals surface area contributed by atoms with Gasteiger partial charge in [-0.25, -0.2) is 4.79 Å². The average molecular weight is 498 g/mol. The van der Waals surface area contributed by atoms with Crippen molar-refractivity contribution in [2.24, 2.45) is 29.4 Å². The molecule has 0 heterocycles. The number of ether oxygens (including phenoxy) is 1. The molecule has 36 heavy (non-hydrogen) atoms. The van der Waals surface area contributed by atoms with E-state index < -0.39 is 76.1 Å². The summed E-state index contributed by atoms with van der Waals surface area (Å²) in [6, 6.07) is 1.58. The maximum atomic E-state index is 13.7. The van der Waals surface area contributed by atoms with Crippen LogP contribution in [0.25, 0.3) is 6.08 Å². The van der Waals surface area contributed by atoms with Gasteiger partial charge in [0, 0.05) is 12.0 Å². The zero-order valence-electron chi connectivity index (χ0n) is 19.9. The van der Waals surface area contributed by atoms with Crippen LogP contribution in [0.1, 0.15) is 27.9 Å². The number of nitrogens with zero attached hydrogens (tertiary/aromatic N) is 1. The molecule has 2 fully saturated rings. The van der Waals surface area contributed by atoms with E-state index in [9.17, 15) is 39.0 Å². The number of carbonyl (C=O) groups is 6. The monoisotopic (exact) mass is 498 g/mol. The molecule has 0 radical (unpaired) electrons. The Morgan fingerprint density at radius 1 is 1.17 bits per heavy atom. The van der Waals surface area contributed by atoms with Crippen molar-refractivity contribution in [1.29, 1.82) is 0 Å². The number of methoxy groups -OCH3 is 1. The second kappa shape index (κ2) is 8.75. The van der Waals surface area contributed by atoms with Crippen LogP contribution in [0.4, 0.5) is 0 Å². The van der Waals surface area contributed by atoms with Crippen molar-refractivity contribution in [2.75, 3.05) is 21.2 Å². The van der Waals surface area contributed by atoms with Crippen molar-refractivity contribution in [2.45, 2.75) is 24.5 Å². The SMILES string of the molecule is COC(=O)C=Cc1ccc(O)c2c1C[C@@H]1C[C@@H]3[C@@H](N(C)C)C(=O)C(C(N)=O)C(=O)[C@]3(O)C(=O)C1C2=O. The lowest BCUT2D eigenvalue weighted by atomic mass is 9.52. The number of carbonyl (C=O) groups excluding carboxylic acids is 6. The van der Waals surface area contributed by atoms with E-state index in [4.69, 9.17) is 5.73 Å². The molecular weight excluding hydrogens is 472 g/mol. The Morgan fingerprint density at radius 2 is 1.83 bits per heavy atom. The number of fused-ring (bicyclic) bond motifs is 3. The third-order valence-corrected chi connectivity index (χ3v) is 7.58. The minimum absolute atomic E-state index is 0.0558. The van der Waals surface area contributed by atoms with Crippen LogP contribution < -0.4 is 5.73 Å². The number of hydrogen-bond donors (Lipinski definition) is 3. The molecule has 3 aliphatic rings. The van der Waals surface area contributed by atoms with E-state index in [0.717, 1.165) is 6.08 Å². The summed E-state index contributed by atoms with van der Waals surface area (Å²) >= 11 is 0. The summed E-state index contributed by atoms with van der Waals surface area (Å²) in [6.45, 7) is 0. The second-order valence-electron chi connectivity index (χ2n) is 9.67. The van der Waals surface area contributed by atoms with Gasteiger partial charge in [-0.15, -0.1) is 0 Å². The van der Waals surface area contributed by atoms with Crippen LogP contribution in [0.2, 0.25) is 0 Å². The molecule has 11 heteroatoms. The summed E-state index contributed by atoms with van der Waals surface area (Å²) in [5.74, 6) is -11.7. The number of rotatable bonds is 4. The van der Waals surface area contributed by atoms with E-state index in [-0.39, 0.29) is 18.4 Å². The number of ketones is 4. The van der Waals surface area contributed by atoms with E-state index in [1.54, 1.807) is 0 Å². The molecule has 0 aromatic heterocycles. The van der Waals surface area contributed by atoms with Gasteiger partial charge in [-0.2, -0.15) is 0 Å². The summed E-state index contributed by atoms with van der Waals surface area (Å²) in [5.41, 5.74) is 3.22. The summed E-state index contributed by atoms with van der Waals surface area (Å²) in [6.07, 6.45) is 2.62. The Labute approximate surface area is 205 Å². The first kappa shape index (κ1) is 25.4. The molecule has 2 unspecified atom stereocenters. The highest BCUT2D eigenvalue weighted by Crippen LogP contribution is 2.51. The van der Waals surface area contributed by atoms with E-state index in [2.05, 4.69) is 4.74 Å². The van der Waals surface area contributed by atoms with E-state index in [1.807, 2.05) is 0 Å². The van der Waals surface area contributed by atoms with Gasteiger partial charge in [0.25, 0.3) is 0 Å². The maximum Gasteiger partial charge on any atom is 0.330 e. The minimum atomic E-state index is -2.77. The van der Waals surface area contributed by atoms with Gasteiger partial charge in [-0.1, -0.05) is 6.07 Å². The van der Waals surface area contributed by atoms with Gasteiger partial charge in [0.2, 0.25) is 5.91 Å². The van der Waals surface area contributed by atoms with Crippen molar-refractivity contribution in [3.8, 4) is 5.75 Å². The maximum absolute atomic E-state index is 13.7. The Balaban J connectivity index is 1.85. The molecule has 0 saturated heterocycles. The molecule has 6 atom stereocenters. The fourth-order valence-electron chi connectivity index (χ4n) is 6.01. The van der Waals surface area contributed by atoms with Crippen molar-refractivity contribution in [1.82, 2.24) is 4.90 Å². The molecule has 1 aromatic carbocycles. The lowest BCUT2D eigenvalue weighted by Crippen LogP contribution is -2.74. The predicted molar refractivity (Wildman–Crippen MR) is 122 cm³/mol. The number of hydrogen-bond acceptors (Lipinski definition) is 10. The number of amides is 1. The lowest BCUT2D eigenvalue weighted by Gasteiger charge is -2.52. The predicted octanol–water partition coefficient (Wildman–Crippen LogP) is -0.947. The van der Waals surface area contributed by atoms with Crippen molar-refractivity contribution in [3.63, 3.8) is 0 Å². The molecule has 4 N–H and O–H groups in total. The van der Waals surface area contributed by atoms with Crippen LogP contribution in [-0.4, -0.2) is 83.0 Å². The molecule has 190 valence electrons. The highest BCUT2D eigenvalue weighted by Gasteiger charge is 2.69. The fraction of sp³-hybridized carbons (Fsp3) is 0.440. The molecule has 1 aromatic rings. The first-order valence-corrected chi connectivity index (χ1v) is 11.3. The Morgan fingerprint density at radius 3 is 2.42 bits per heavy atom. The highest BCUT2D eigenvalue weighted by molar-refractivity contribution is 6.32. The van der Waals surface area contributed by atoms with Crippen LogP contribution in [0.5, 0.6) is 5.75 Å². The first-order chi connectivity index (χ1) is 16.9. The number of likely N-dealkylation sites (N-methyl/N-ethyl adjacent to an activating group) is 1. The van der Waals surface area contributed by atoms with Gasteiger partial charge >= 0.3 is 5.97 Å². The molecule has 2 saturated carbocycles. The van der Waals surface area contributed by atoms with Gasteiger partial charge in [0.1, 0.15) is 5.75 Å². The number of Topliss-reactive ketones (excluding diaryl/α,β-unsaturated/α-hetero) is 4. The first-order valence-electron chi connectivity index (χ1n) is 11.3. The van der Waals surface area contributed by atoms with Gasteiger partial charge < -0.3 is 20.7 Å². The smallest absolute Gasteiger partial charge is 0.330 e. The normalized spacial score (nSPS) is 31.8. The number of phenols is 1. The second-order valence-corrected chi connectivity index (χ2v) is 9.67. The van der Waals surface area contributed by atoms with E-state index in [1.165, 1.54) is 44.3 Å². The topological polar surface area (TPSA) is 181 Å². The quantitative estimate of drug-likeness (QED) is 0.266. The van der Waals surface area contributed by atoms with Crippen LogP contribution in [-0.2, 0) is 35.1 Å². The number of esters is 1. The van der Waals surface area contributed by atoms with Crippen LogP contribution >= 0.6 is 0 Å². The Hall–Kier alpha value is -3.70. The average Bonchev–Trinajstić information content (AvgIpc) is 2.80. The summed E-state index contributed by atoms with van der Waals surface area (Å²) in [7, 11) is 4.24. The standard InChI is InChI=1S/C25H26N2O9/c1-27(2)19-13-9-11-8-12-10(5-7-15(29)36-3)4-6-14(28)17(12)20(30)16(11)22(32)25(13,35)23(33)18(21(19)31)24(26)34/h4-7,11,13,16,18-19,28,35H,8-9H2,1-3H3,(H2,26,34)/t11-,13-,16?,18?,19-,25-/m1/s1. The van der Waals surface area contributed by atoms with Crippen LogP contribution in [0.3, 0.4) is 0 Å². The highest BCUT2D eigenvalue weighted by atomic mass is 16.5. The van der Waals surface area contributed by atoms with Crippen molar-refractivity contribution < 1.29 is 43.7 Å². The number of primary amides is 1. The van der Waals surface area contributed by atoms with E-state index in [0.29, 0.717) is 11.1 Å². The number of benzene rings is 1. The van der Waals surface area contributed by atoms with Crippen molar-refractivity contribution >= 4 is 41.1 Å². The summed E-state index contributed by atoms with van der Waals surface area (Å²) < 4.78 is 4.59. The molecule has 4 rings (SSSR count). The molecule has 0 spiro atoms. The van der Waals surface area contributed by atoms with Crippen LogP contribution in [0, 0.1) is 23.7 Å². The Kier molecular flexibility index (Phi) is 6.17. The third kappa shape index (κ3) is 3.49. The number of aromatic hydroxyl groups is 1. The molecule has 11 nitrogen and oxygen atoms in total. The molecule has 0 bridgehead atoms. The van der Waals surface area contributed by atoms with Crippen LogP contribution in [0.15, 0.2) is 18.2 Å². The number of phenolic OH excluding ortho intramolecular Hbond substituents is 1. The zero-order valence-corrected chi connectivity index (χ0v) is 19.9. The lowest BCUT2D eigenvalue weighted by molar-refractivity contribution is -0.181.